The lowest BCUT2D eigenvalue weighted by atomic mass is 9.97. The summed E-state index contributed by atoms with van der Waals surface area (Å²) in [7, 11) is 0. The average molecular weight is 416 g/mol. The molecule has 1 atom stereocenters. The standard InChI is InChI=1S/C21H18F2N2O5/c1-10(20(29)24-9-18(27)28)19-11(2)25(17-6-4-13(26)8-14(17)19)21(30)12-3-5-15(22)16(23)7-12/h3-8,10,26H,9H2,1-2H3,(H,24,29)(H,27,28)/t10-/m0/s1. The third kappa shape index (κ3) is 3.73. The van der Waals surface area contributed by atoms with Crippen LogP contribution >= 0.6 is 0 Å². The summed E-state index contributed by atoms with van der Waals surface area (Å²) in [6.45, 7) is 2.54. The number of hydrogen-bond donors (Lipinski definition) is 3. The van der Waals surface area contributed by atoms with E-state index in [1.54, 1.807) is 6.92 Å². The number of carboxylic acid groups (broad SMARTS) is 1. The summed E-state index contributed by atoms with van der Waals surface area (Å²) >= 11 is 0. The number of hydrogen-bond acceptors (Lipinski definition) is 4. The van der Waals surface area contributed by atoms with E-state index in [4.69, 9.17) is 5.11 Å². The lowest BCUT2D eigenvalue weighted by Crippen LogP contribution is -2.32. The number of halogens is 2. The number of rotatable bonds is 5. The maximum absolute atomic E-state index is 13.6. The number of nitrogens with one attached hydrogen (secondary N) is 1. The van der Waals surface area contributed by atoms with Crippen molar-refractivity contribution < 1.29 is 33.4 Å². The van der Waals surface area contributed by atoms with Crippen LogP contribution in [0.4, 0.5) is 8.78 Å². The van der Waals surface area contributed by atoms with Crippen molar-refractivity contribution in [2.75, 3.05) is 6.54 Å². The summed E-state index contributed by atoms with van der Waals surface area (Å²) < 4.78 is 28.2. The van der Waals surface area contributed by atoms with Gasteiger partial charge >= 0.3 is 5.97 Å². The Morgan fingerprint density at radius 2 is 1.80 bits per heavy atom. The second-order valence-electron chi connectivity index (χ2n) is 6.80. The van der Waals surface area contributed by atoms with Crippen molar-refractivity contribution in [2.45, 2.75) is 19.8 Å². The Kier molecular flexibility index (Phi) is 5.55. The first-order valence-corrected chi connectivity index (χ1v) is 8.95. The number of amides is 1. The number of benzene rings is 2. The predicted molar refractivity (Wildman–Crippen MR) is 103 cm³/mol. The highest BCUT2D eigenvalue weighted by molar-refractivity contribution is 6.05. The maximum atomic E-state index is 13.6. The van der Waals surface area contributed by atoms with E-state index in [9.17, 15) is 28.3 Å². The number of carbonyl (C=O) groups excluding carboxylic acids is 2. The molecule has 0 bridgehead atoms. The number of phenols is 1. The summed E-state index contributed by atoms with van der Waals surface area (Å²) in [6.07, 6.45) is 0. The number of aromatic hydroxyl groups is 1. The van der Waals surface area contributed by atoms with E-state index in [1.165, 1.54) is 29.7 Å². The van der Waals surface area contributed by atoms with Gasteiger partial charge in [0.2, 0.25) is 5.91 Å². The fourth-order valence-corrected chi connectivity index (χ4v) is 3.44. The predicted octanol–water partition coefficient (Wildman–Crippen LogP) is 2.93. The van der Waals surface area contributed by atoms with Gasteiger partial charge in [-0.3, -0.25) is 19.0 Å². The second kappa shape index (κ2) is 7.94. The maximum Gasteiger partial charge on any atom is 0.322 e. The van der Waals surface area contributed by atoms with E-state index in [1.807, 2.05) is 0 Å². The first-order valence-electron chi connectivity index (χ1n) is 8.95. The third-order valence-corrected chi connectivity index (χ3v) is 4.85. The molecule has 7 nitrogen and oxygen atoms in total. The van der Waals surface area contributed by atoms with Gasteiger partial charge in [0.05, 0.1) is 11.4 Å². The van der Waals surface area contributed by atoms with Crippen LogP contribution in [0, 0.1) is 18.6 Å². The minimum Gasteiger partial charge on any atom is -0.508 e. The summed E-state index contributed by atoms with van der Waals surface area (Å²) in [5.41, 5.74) is 1.01. The molecule has 156 valence electrons. The number of nitrogens with zero attached hydrogens (tertiary/aromatic N) is 1. The molecular weight excluding hydrogens is 398 g/mol. The highest BCUT2D eigenvalue weighted by atomic mass is 19.2. The van der Waals surface area contributed by atoms with Crippen molar-refractivity contribution in [1.82, 2.24) is 9.88 Å². The van der Waals surface area contributed by atoms with Crippen LogP contribution < -0.4 is 5.32 Å². The molecule has 9 heteroatoms. The van der Waals surface area contributed by atoms with Gasteiger partial charge in [0, 0.05) is 16.6 Å². The molecule has 0 aliphatic rings. The Bertz CT molecular complexity index is 1190. The highest BCUT2D eigenvalue weighted by Crippen LogP contribution is 2.34. The zero-order valence-corrected chi connectivity index (χ0v) is 16.1. The van der Waals surface area contributed by atoms with Gasteiger partial charge in [-0.15, -0.1) is 0 Å². The molecule has 0 unspecified atom stereocenters. The fourth-order valence-electron chi connectivity index (χ4n) is 3.44. The van der Waals surface area contributed by atoms with E-state index >= 15 is 0 Å². The van der Waals surface area contributed by atoms with Crippen LogP contribution in [0.2, 0.25) is 0 Å². The van der Waals surface area contributed by atoms with Crippen molar-refractivity contribution in [3.05, 3.63) is 64.9 Å². The topological polar surface area (TPSA) is 109 Å². The first-order chi connectivity index (χ1) is 14.1. The number of phenolic OH excluding ortho intramolecular Hbond substituents is 1. The Labute approximate surface area is 169 Å². The lowest BCUT2D eigenvalue weighted by molar-refractivity contribution is -0.138. The molecule has 0 aliphatic carbocycles. The Morgan fingerprint density at radius 3 is 2.43 bits per heavy atom. The largest absolute Gasteiger partial charge is 0.508 e. The number of aromatic nitrogens is 1. The van der Waals surface area contributed by atoms with Crippen molar-refractivity contribution in [3.8, 4) is 5.75 Å². The van der Waals surface area contributed by atoms with Gasteiger partial charge < -0.3 is 15.5 Å². The molecule has 0 fully saturated rings. The minimum atomic E-state index is -1.21. The molecule has 30 heavy (non-hydrogen) atoms. The molecule has 0 aliphatic heterocycles. The minimum absolute atomic E-state index is 0.0979. The van der Waals surface area contributed by atoms with Crippen LogP contribution in [0.25, 0.3) is 10.9 Å². The number of carbonyl (C=O) groups is 3. The van der Waals surface area contributed by atoms with E-state index in [2.05, 4.69) is 5.32 Å². The van der Waals surface area contributed by atoms with Gasteiger partial charge in [-0.2, -0.15) is 0 Å². The van der Waals surface area contributed by atoms with Gasteiger partial charge in [-0.05, 0) is 55.8 Å². The number of fused-ring (bicyclic) bond motifs is 1. The van der Waals surface area contributed by atoms with Crippen LogP contribution in [-0.4, -0.2) is 39.1 Å². The Morgan fingerprint density at radius 1 is 1.10 bits per heavy atom. The first kappa shape index (κ1) is 21.0. The second-order valence-corrected chi connectivity index (χ2v) is 6.80. The molecule has 1 aromatic heterocycles. The monoisotopic (exact) mass is 416 g/mol. The van der Waals surface area contributed by atoms with Crippen LogP contribution in [-0.2, 0) is 9.59 Å². The quantitative estimate of drug-likeness (QED) is 0.593. The van der Waals surface area contributed by atoms with E-state index < -0.39 is 41.9 Å². The number of aliphatic carboxylic acids is 1. The molecule has 0 radical (unpaired) electrons. The Hall–Kier alpha value is -3.75. The van der Waals surface area contributed by atoms with Crippen molar-refractivity contribution in [2.24, 2.45) is 0 Å². The van der Waals surface area contributed by atoms with Crippen molar-refractivity contribution >= 4 is 28.7 Å². The van der Waals surface area contributed by atoms with Crippen LogP contribution in [0.1, 0.15) is 34.5 Å². The van der Waals surface area contributed by atoms with Gasteiger partial charge in [0.15, 0.2) is 11.6 Å². The highest BCUT2D eigenvalue weighted by Gasteiger charge is 2.27. The fraction of sp³-hybridized carbons (Fsp3) is 0.190. The van der Waals surface area contributed by atoms with Gasteiger partial charge in [0.25, 0.3) is 5.91 Å². The van der Waals surface area contributed by atoms with E-state index in [0.717, 1.165) is 18.2 Å². The summed E-state index contributed by atoms with van der Waals surface area (Å²) in [5.74, 6) is -5.65. The zero-order valence-electron chi connectivity index (χ0n) is 16.1. The van der Waals surface area contributed by atoms with Crippen molar-refractivity contribution in [1.29, 1.82) is 0 Å². The Balaban J connectivity index is 2.15. The third-order valence-electron chi connectivity index (χ3n) is 4.85. The zero-order chi connectivity index (χ0) is 22.2. The van der Waals surface area contributed by atoms with E-state index in [0.29, 0.717) is 22.2 Å². The smallest absolute Gasteiger partial charge is 0.322 e. The van der Waals surface area contributed by atoms with E-state index in [-0.39, 0.29) is 11.3 Å². The molecule has 1 heterocycles. The average Bonchev–Trinajstić information content (AvgIpc) is 2.97. The molecule has 0 saturated heterocycles. The number of carboxylic acids is 1. The molecule has 0 spiro atoms. The molecule has 3 aromatic rings. The van der Waals surface area contributed by atoms with Crippen LogP contribution in [0.3, 0.4) is 0 Å². The summed E-state index contributed by atoms with van der Waals surface area (Å²) in [5, 5.41) is 21.4. The normalized spacial score (nSPS) is 12.0. The molecule has 2 aromatic carbocycles. The molecular formula is C21H18F2N2O5. The molecule has 0 saturated carbocycles. The SMILES string of the molecule is Cc1c([C@H](C)C(=O)NCC(=O)O)c2cc(O)ccc2n1C(=O)c1ccc(F)c(F)c1. The van der Waals surface area contributed by atoms with Crippen molar-refractivity contribution in [3.63, 3.8) is 0 Å². The molecule has 1 amide bonds. The van der Waals surface area contributed by atoms with Crippen LogP contribution in [0.15, 0.2) is 36.4 Å². The van der Waals surface area contributed by atoms with Crippen LogP contribution in [0.5, 0.6) is 5.75 Å². The summed E-state index contributed by atoms with van der Waals surface area (Å²) in [4.78, 5) is 36.3. The summed E-state index contributed by atoms with van der Waals surface area (Å²) in [6, 6.07) is 6.99. The lowest BCUT2D eigenvalue weighted by Gasteiger charge is -2.13. The van der Waals surface area contributed by atoms with Gasteiger partial charge in [-0.25, -0.2) is 8.78 Å². The molecule has 3 rings (SSSR count). The molecule has 3 N–H and O–H groups in total. The van der Waals surface area contributed by atoms with Gasteiger partial charge in [0.1, 0.15) is 12.3 Å². The van der Waals surface area contributed by atoms with Gasteiger partial charge in [-0.1, -0.05) is 0 Å².